The number of nitrogens with zero attached hydrogens (tertiary/aromatic N) is 2. The molecule has 106 valence electrons. The average molecular weight is 282 g/mol. The van der Waals surface area contributed by atoms with Gasteiger partial charge in [-0.05, 0) is 38.6 Å². The van der Waals surface area contributed by atoms with E-state index in [-0.39, 0.29) is 0 Å². The summed E-state index contributed by atoms with van der Waals surface area (Å²) < 4.78 is 0. The number of piperazine rings is 1. The molecule has 0 amide bonds. The molecule has 0 unspecified atom stereocenters. The Morgan fingerprint density at radius 1 is 1.21 bits per heavy atom. The Hall–Kier alpha value is -0.770. The fourth-order valence-electron chi connectivity index (χ4n) is 2.56. The molecule has 19 heavy (non-hydrogen) atoms. The van der Waals surface area contributed by atoms with E-state index < -0.39 is 0 Å². The normalized spacial score (nSPS) is 17.2. The zero-order valence-corrected chi connectivity index (χ0v) is 12.9. The predicted molar refractivity (Wildman–Crippen MR) is 83.1 cm³/mol. The van der Waals surface area contributed by atoms with Gasteiger partial charge in [0, 0.05) is 49.5 Å². The van der Waals surface area contributed by atoms with Crippen molar-refractivity contribution in [1.29, 1.82) is 0 Å². The van der Waals surface area contributed by atoms with Crippen LogP contribution in [0.25, 0.3) is 0 Å². The van der Waals surface area contributed by atoms with Gasteiger partial charge in [-0.15, -0.1) is 0 Å². The van der Waals surface area contributed by atoms with Crippen molar-refractivity contribution in [1.82, 2.24) is 10.2 Å². The largest absolute Gasteiger partial charge is 0.369 e. The molecule has 0 spiro atoms. The second kappa shape index (κ2) is 6.60. The van der Waals surface area contributed by atoms with Crippen LogP contribution in [-0.4, -0.2) is 44.2 Å². The van der Waals surface area contributed by atoms with Gasteiger partial charge in [0.15, 0.2) is 0 Å². The number of benzene rings is 1. The maximum absolute atomic E-state index is 6.33. The van der Waals surface area contributed by atoms with Gasteiger partial charge in [-0.25, -0.2) is 0 Å². The van der Waals surface area contributed by atoms with Crippen molar-refractivity contribution in [3.8, 4) is 0 Å². The minimum absolute atomic E-state index is 0.642. The summed E-state index contributed by atoms with van der Waals surface area (Å²) in [7, 11) is 1.94. The van der Waals surface area contributed by atoms with Crippen molar-refractivity contribution in [2.75, 3.05) is 38.1 Å². The summed E-state index contributed by atoms with van der Waals surface area (Å²) in [5.41, 5.74) is 2.40. The Balaban J connectivity index is 2.01. The molecule has 1 aliphatic heterocycles. The second-order valence-corrected chi connectivity index (χ2v) is 5.83. The molecule has 0 aliphatic carbocycles. The zero-order valence-electron chi connectivity index (χ0n) is 12.1. The lowest BCUT2D eigenvalue weighted by molar-refractivity contribution is 0.209. The van der Waals surface area contributed by atoms with Crippen molar-refractivity contribution < 1.29 is 0 Å². The van der Waals surface area contributed by atoms with Gasteiger partial charge in [0.1, 0.15) is 0 Å². The van der Waals surface area contributed by atoms with E-state index in [1.807, 2.05) is 7.05 Å². The SMILES string of the molecule is CNCc1ccc(N2CCN(C(C)C)CC2)cc1Cl. The van der Waals surface area contributed by atoms with Gasteiger partial charge < -0.3 is 10.2 Å². The molecular formula is C15H24ClN3. The first kappa shape index (κ1) is 14.6. The summed E-state index contributed by atoms with van der Waals surface area (Å²) >= 11 is 6.33. The van der Waals surface area contributed by atoms with Crippen LogP contribution in [0.4, 0.5) is 5.69 Å². The smallest absolute Gasteiger partial charge is 0.0471 e. The van der Waals surface area contributed by atoms with Crippen LogP contribution < -0.4 is 10.2 Å². The summed E-state index contributed by atoms with van der Waals surface area (Å²) in [4.78, 5) is 4.95. The van der Waals surface area contributed by atoms with E-state index in [0.29, 0.717) is 6.04 Å². The molecule has 0 atom stereocenters. The van der Waals surface area contributed by atoms with Crippen LogP contribution in [0.1, 0.15) is 19.4 Å². The van der Waals surface area contributed by atoms with Gasteiger partial charge in [0.05, 0.1) is 0 Å². The lowest BCUT2D eigenvalue weighted by Crippen LogP contribution is -2.48. The highest BCUT2D eigenvalue weighted by atomic mass is 35.5. The highest BCUT2D eigenvalue weighted by molar-refractivity contribution is 6.31. The lowest BCUT2D eigenvalue weighted by atomic mass is 10.1. The van der Waals surface area contributed by atoms with Crippen molar-refractivity contribution in [2.24, 2.45) is 0 Å². The molecule has 1 heterocycles. The third kappa shape index (κ3) is 3.62. The molecule has 1 saturated heterocycles. The number of hydrogen-bond acceptors (Lipinski definition) is 3. The maximum atomic E-state index is 6.33. The van der Waals surface area contributed by atoms with Crippen LogP contribution in [0.2, 0.25) is 5.02 Å². The standard InChI is InChI=1S/C15H24ClN3/c1-12(2)18-6-8-19(9-7-18)14-5-4-13(11-17-3)15(16)10-14/h4-5,10,12,17H,6-9,11H2,1-3H3. The molecule has 1 aliphatic rings. The molecule has 0 radical (unpaired) electrons. The van der Waals surface area contributed by atoms with Crippen LogP contribution in [0.5, 0.6) is 0 Å². The summed E-state index contributed by atoms with van der Waals surface area (Å²) in [6.45, 7) is 9.78. The number of hydrogen-bond donors (Lipinski definition) is 1. The van der Waals surface area contributed by atoms with E-state index >= 15 is 0 Å². The van der Waals surface area contributed by atoms with Crippen molar-refractivity contribution >= 4 is 17.3 Å². The van der Waals surface area contributed by atoms with E-state index in [2.05, 4.69) is 47.2 Å². The highest BCUT2D eigenvalue weighted by Gasteiger charge is 2.19. The Labute approximate surface area is 121 Å². The molecular weight excluding hydrogens is 258 g/mol. The van der Waals surface area contributed by atoms with E-state index in [1.165, 1.54) is 5.69 Å². The molecule has 0 aromatic heterocycles. The first-order valence-corrected chi connectivity index (χ1v) is 7.41. The minimum atomic E-state index is 0.642. The quantitative estimate of drug-likeness (QED) is 0.915. The molecule has 1 aromatic carbocycles. The molecule has 0 bridgehead atoms. The Morgan fingerprint density at radius 3 is 2.42 bits per heavy atom. The topological polar surface area (TPSA) is 18.5 Å². The summed E-state index contributed by atoms with van der Waals surface area (Å²) in [5, 5.41) is 4.00. The molecule has 4 heteroatoms. The van der Waals surface area contributed by atoms with Crippen molar-refractivity contribution in [2.45, 2.75) is 26.4 Å². The van der Waals surface area contributed by atoms with Gasteiger partial charge in [-0.2, -0.15) is 0 Å². The minimum Gasteiger partial charge on any atom is -0.369 e. The van der Waals surface area contributed by atoms with E-state index in [9.17, 15) is 0 Å². The summed E-state index contributed by atoms with van der Waals surface area (Å²) in [5.74, 6) is 0. The van der Waals surface area contributed by atoms with Gasteiger partial charge in [0.2, 0.25) is 0 Å². The maximum Gasteiger partial charge on any atom is 0.0471 e. The Bertz CT molecular complexity index is 412. The molecule has 1 fully saturated rings. The van der Waals surface area contributed by atoms with Gasteiger partial charge in [-0.1, -0.05) is 17.7 Å². The first-order valence-electron chi connectivity index (χ1n) is 7.04. The van der Waals surface area contributed by atoms with Gasteiger partial charge in [0.25, 0.3) is 0 Å². The van der Waals surface area contributed by atoms with Crippen molar-refractivity contribution in [3.05, 3.63) is 28.8 Å². The van der Waals surface area contributed by atoms with Crippen LogP contribution >= 0.6 is 11.6 Å². The summed E-state index contributed by atoms with van der Waals surface area (Å²) in [6.07, 6.45) is 0. The predicted octanol–water partition coefficient (Wildman–Crippen LogP) is 2.59. The number of nitrogens with one attached hydrogen (secondary N) is 1. The molecule has 1 N–H and O–H groups in total. The highest BCUT2D eigenvalue weighted by Crippen LogP contribution is 2.24. The van der Waals surface area contributed by atoms with Crippen LogP contribution in [0.15, 0.2) is 18.2 Å². The average Bonchev–Trinajstić information content (AvgIpc) is 2.41. The molecule has 1 aromatic rings. The van der Waals surface area contributed by atoms with E-state index in [0.717, 1.165) is 43.3 Å². The second-order valence-electron chi connectivity index (χ2n) is 5.42. The van der Waals surface area contributed by atoms with E-state index in [1.54, 1.807) is 0 Å². The monoisotopic (exact) mass is 281 g/mol. The van der Waals surface area contributed by atoms with Gasteiger partial charge >= 0.3 is 0 Å². The van der Waals surface area contributed by atoms with Crippen LogP contribution in [0, 0.1) is 0 Å². The third-order valence-electron chi connectivity index (χ3n) is 3.81. The molecule has 2 rings (SSSR count). The van der Waals surface area contributed by atoms with Gasteiger partial charge in [-0.3, -0.25) is 4.90 Å². The number of rotatable bonds is 4. The fourth-order valence-corrected chi connectivity index (χ4v) is 2.80. The molecule has 0 saturated carbocycles. The zero-order chi connectivity index (χ0) is 13.8. The van der Waals surface area contributed by atoms with Crippen LogP contribution in [0.3, 0.4) is 0 Å². The van der Waals surface area contributed by atoms with Crippen LogP contribution in [-0.2, 0) is 6.54 Å². The number of anilines is 1. The Morgan fingerprint density at radius 2 is 1.89 bits per heavy atom. The molecule has 3 nitrogen and oxygen atoms in total. The lowest BCUT2D eigenvalue weighted by Gasteiger charge is -2.38. The summed E-state index contributed by atoms with van der Waals surface area (Å²) in [6, 6.07) is 7.05. The van der Waals surface area contributed by atoms with Crippen molar-refractivity contribution in [3.63, 3.8) is 0 Å². The Kier molecular flexibility index (Phi) is 5.08. The van der Waals surface area contributed by atoms with E-state index in [4.69, 9.17) is 11.6 Å². The number of halogens is 1. The fraction of sp³-hybridized carbons (Fsp3) is 0.600. The third-order valence-corrected chi connectivity index (χ3v) is 4.17. The first-order chi connectivity index (χ1) is 9.11.